The first-order valence-corrected chi connectivity index (χ1v) is 25.0. The van der Waals surface area contributed by atoms with Crippen molar-refractivity contribution in [3.63, 3.8) is 0 Å². The van der Waals surface area contributed by atoms with Crippen LogP contribution in [0.25, 0.3) is 0 Å². The second-order valence-electron chi connectivity index (χ2n) is 19.3. The molecule has 370 valence electrons. The number of likely N-dealkylation sites (N-methyl/N-ethyl adjacent to an activating group) is 4. The van der Waals surface area contributed by atoms with E-state index in [4.69, 9.17) is 0 Å². The van der Waals surface area contributed by atoms with E-state index in [2.05, 4.69) is 40.9 Å². The molecule has 8 amide bonds. The molecule has 8 saturated heterocycles. The van der Waals surface area contributed by atoms with E-state index >= 15 is 0 Å². The van der Waals surface area contributed by atoms with Gasteiger partial charge in [-0.1, -0.05) is 44.2 Å². The Morgan fingerprint density at radius 2 is 0.910 bits per heavy atom. The van der Waals surface area contributed by atoms with Crippen LogP contribution in [0.5, 0.6) is 0 Å². The van der Waals surface area contributed by atoms with Crippen LogP contribution in [0.15, 0.2) is 30.3 Å². The number of hydrogen-bond donors (Lipinski definition) is 4. The molecule has 1 aromatic rings. The SMILES string of the molecule is CC(C)C1NC(=O)C2CN(C)CCN2C1=O.CC1NC(=O)C2CN(C)CCN2C1=O.CN1CCN2C(=O)C(Cc3ccccc3)NC(=O)C2C1.CSCCC1NC(=O)C2CN(C)CCN2C1=O. The molecule has 0 spiro atoms. The van der Waals surface area contributed by atoms with Gasteiger partial charge in [0.1, 0.15) is 48.3 Å². The lowest BCUT2D eigenvalue weighted by Crippen LogP contribution is -2.69. The zero-order valence-corrected chi connectivity index (χ0v) is 41.3. The third kappa shape index (κ3) is 12.4. The number of nitrogens with one attached hydrogen (secondary N) is 4. The van der Waals surface area contributed by atoms with Crippen LogP contribution in [0.4, 0.5) is 0 Å². The number of thioether (sulfide) groups is 1. The minimum absolute atomic E-state index is 0.00209. The summed E-state index contributed by atoms with van der Waals surface area (Å²) in [6, 6.07) is 7.19. The van der Waals surface area contributed by atoms with E-state index in [1.807, 2.05) is 78.6 Å². The average molecular weight is 953 g/mol. The number of rotatable bonds is 6. The highest BCUT2D eigenvalue weighted by molar-refractivity contribution is 7.98. The monoisotopic (exact) mass is 953 g/mol. The van der Waals surface area contributed by atoms with E-state index < -0.39 is 6.04 Å². The fourth-order valence-corrected chi connectivity index (χ4v) is 10.1. The molecule has 1 aromatic carbocycles. The van der Waals surface area contributed by atoms with Crippen molar-refractivity contribution in [3.05, 3.63) is 35.9 Å². The quantitative estimate of drug-likeness (QED) is 0.227. The van der Waals surface area contributed by atoms with Crippen LogP contribution >= 0.6 is 11.8 Å². The van der Waals surface area contributed by atoms with Gasteiger partial charge in [0.25, 0.3) is 0 Å². The summed E-state index contributed by atoms with van der Waals surface area (Å²) in [5, 5.41) is 11.2. The number of piperazine rings is 8. The van der Waals surface area contributed by atoms with Crippen LogP contribution in [-0.4, -0.2) is 254 Å². The summed E-state index contributed by atoms with van der Waals surface area (Å²) in [7, 11) is 7.90. The van der Waals surface area contributed by atoms with Crippen molar-refractivity contribution >= 4 is 59.0 Å². The highest BCUT2D eigenvalue weighted by Crippen LogP contribution is 2.21. The molecule has 0 saturated carbocycles. The predicted octanol–water partition coefficient (Wildman–Crippen LogP) is -2.82. The first-order valence-electron chi connectivity index (χ1n) is 23.6. The van der Waals surface area contributed by atoms with E-state index in [-0.39, 0.29) is 95.5 Å². The fourth-order valence-electron chi connectivity index (χ4n) is 9.67. The molecule has 8 unspecified atom stereocenters. The molecular formula is C46H72N12O8S. The number of hydrogen-bond acceptors (Lipinski definition) is 13. The molecule has 0 bridgehead atoms. The molecule has 4 N–H and O–H groups in total. The molecule has 8 aliphatic heterocycles. The van der Waals surface area contributed by atoms with Crippen LogP contribution in [-0.2, 0) is 44.8 Å². The summed E-state index contributed by atoms with van der Waals surface area (Å²) in [6.07, 6.45) is 3.29. The van der Waals surface area contributed by atoms with Gasteiger partial charge in [-0.3, -0.25) is 38.4 Å². The van der Waals surface area contributed by atoms with E-state index in [9.17, 15) is 38.4 Å². The fraction of sp³-hybridized carbons (Fsp3) is 0.696. The molecular weight excluding hydrogens is 881 g/mol. The summed E-state index contributed by atoms with van der Waals surface area (Å²) < 4.78 is 0. The van der Waals surface area contributed by atoms with E-state index in [1.165, 1.54) is 0 Å². The Bertz CT molecular complexity index is 1980. The number of fused-ring (bicyclic) bond motifs is 4. The van der Waals surface area contributed by atoms with Crippen molar-refractivity contribution in [2.75, 3.05) is 119 Å². The van der Waals surface area contributed by atoms with Gasteiger partial charge in [-0.05, 0) is 65.0 Å². The third-order valence-corrected chi connectivity index (χ3v) is 14.4. The Balaban J connectivity index is 0.000000149. The van der Waals surface area contributed by atoms with Crippen LogP contribution in [0, 0.1) is 5.92 Å². The molecule has 9 rings (SSSR count). The van der Waals surface area contributed by atoms with Crippen LogP contribution < -0.4 is 21.3 Å². The Labute approximate surface area is 399 Å². The highest BCUT2D eigenvalue weighted by Gasteiger charge is 2.46. The Kier molecular flexibility index (Phi) is 17.7. The maximum atomic E-state index is 12.5. The van der Waals surface area contributed by atoms with Crippen molar-refractivity contribution < 1.29 is 38.4 Å². The number of nitrogens with zero attached hydrogens (tertiary/aromatic N) is 8. The van der Waals surface area contributed by atoms with Crippen molar-refractivity contribution in [1.82, 2.24) is 60.5 Å². The second-order valence-corrected chi connectivity index (χ2v) is 20.3. The lowest BCUT2D eigenvalue weighted by Gasteiger charge is -2.45. The lowest BCUT2D eigenvalue weighted by atomic mass is 9.96. The van der Waals surface area contributed by atoms with E-state index in [0.29, 0.717) is 58.8 Å². The summed E-state index contributed by atoms with van der Waals surface area (Å²) >= 11 is 1.70. The van der Waals surface area contributed by atoms with Crippen molar-refractivity contribution in [1.29, 1.82) is 0 Å². The van der Waals surface area contributed by atoms with E-state index in [1.54, 1.807) is 38.3 Å². The van der Waals surface area contributed by atoms with Gasteiger partial charge >= 0.3 is 0 Å². The topological polar surface area (TPSA) is 211 Å². The minimum atomic E-state index is -0.426. The first kappa shape index (κ1) is 51.6. The molecule has 8 heterocycles. The number of carbonyl (C=O) groups excluding carboxylic acids is 8. The second kappa shape index (κ2) is 23.0. The molecule has 8 atom stereocenters. The van der Waals surface area contributed by atoms with E-state index in [0.717, 1.165) is 43.9 Å². The zero-order valence-electron chi connectivity index (χ0n) is 40.4. The van der Waals surface area contributed by atoms with Crippen LogP contribution in [0.3, 0.4) is 0 Å². The third-order valence-electron chi connectivity index (χ3n) is 13.8. The zero-order chi connectivity index (χ0) is 48.7. The Morgan fingerprint density at radius 1 is 0.522 bits per heavy atom. The molecule has 0 radical (unpaired) electrons. The van der Waals surface area contributed by atoms with Crippen LogP contribution in [0.2, 0.25) is 0 Å². The normalized spacial score (nSPS) is 30.4. The first-order chi connectivity index (χ1) is 31.9. The maximum absolute atomic E-state index is 12.5. The van der Waals surface area contributed by atoms with Crippen molar-refractivity contribution in [3.8, 4) is 0 Å². The molecule has 8 aliphatic rings. The average Bonchev–Trinajstić information content (AvgIpc) is 3.30. The van der Waals surface area contributed by atoms with Crippen molar-refractivity contribution in [2.45, 2.75) is 81.9 Å². The van der Waals surface area contributed by atoms with Gasteiger partial charge in [-0.25, -0.2) is 0 Å². The number of amides is 8. The maximum Gasteiger partial charge on any atom is 0.246 e. The van der Waals surface area contributed by atoms with Gasteiger partial charge in [0, 0.05) is 85.0 Å². The van der Waals surface area contributed by atoms with Gasteiger partial charge in [-0.2, -0.15) is 11.8 Å². The lowest BCUT2D eigenvalue weighted by molar-refractivity contribution is -0.153. The summed E-state index contributed by atoms with van der Waals surface area (Å²) in [5.74, 6) is 1.25. The predicted molar refractivity (Wildman–Crippen MR) is 253 cm³/mol. The highest BCUT2D eigenvalue weighted by atomic mass is 32.2. The summed E-state index contributed by atoms with van der Waals surface area (Å²) in [6.45, 7) is 14.2. The molecule has 20 nitrogen and oxygen atoms in total. The standard InChI is InChI=1S/C15H19N3O2.C11H19N3O2S.C11H19N3O2.C9H15N3O2/c1-17-7-8-18-13(10-17)14(19)16-12(15(18)20)9-11-5-3-2-4-6-11;1-13-4-5-14-9(7-13)10(15)12-8(11(14)16)3-6-17-2;1-7(2)9-11(16)14-5-4-13(3)6-8(14)10(15)12-9;1-6-9(14)12-4-3-11(2)5-7(12)8(13)10-6/h2-6,12-13H,7-10H2,1H3,(H,16,19);8-9H,3-7H2,1-2H3,(H,12,15);7-9H,4-6H2,1-3H3,(H,12,15);6-7H,3-5H2,1-2H3,(H,10,13). The van der Waals surface area contributed by atoms with Gasteiger partial charge in [0.05, 0.1) is 0 Å². The molecule has 0 aromatic heterocycles. The van der Waals surface area contributed by atoms with Crippen LogP contribution in [0.1, 0.15) is 32.8 Å². The number of benzene rings is 1. The van der Waals surface area contributed by atoms with Gasteiger partial charge in [-0.15, -0.1) is 0 Å². The Hall–Kier alpha value is -4.83. The molecule has 21 heteroatoms. The van der Waals surface area contributed by atoms with Crippen molar-refractivity contribution in [2.24, 2.45) is 5.92 Å². The Morgan fingerprint density at radius 3 is 1.36 bits per heavy atom. The summed E-state index contributed by atoms with van der Waals surface area (Å²) in [5.41, 5.74) is 1.07. The van der Waals surface area contributed by atoms with Gasteiger partial charge in [0.15, 0.2) is 0 Å². The van der Waals surface area contributed by atoms with Gasteiger partial charge in [0.2, 0.25) is 47.3 Å². The van der Waals surface area contributed by atoms with Gasteiger partial charge < -0.3 is 60.5 Å². The molecule has 0 aliphatic carbocycles. The number of carbonyl (C=O) groups is 8. The minimum Gasteiger partial charge on any atom is -0.343 e. The molecule has 8 fully saturated rings. The molecule has 67 heavy (non-hydrogen) atoms. The smallest absolute Gasteiger partial charge is 0.246 e. The summed E-state index contributed by atoms with van der Waals surface area (Å²) in [4.78, 5) is 111. The largest absolute Gasteiger partial charge is 0.343 e.